The molecule has 174 valence electrons. The van der Waals surface area contributed by atoms with Gasteiger partial charge in [0.15, 0.2) is 0 Å². The first-order valence-corrected chi connectivity index (χ1v) is 11.4. The van der Waals surface area contributed by atoms with Crippen molar-refractivity contribution in [3.05, 3.63) is 88.2 Å². The second-order valence-corrected chi connectivity index (χ2v) is 8.74. The van der Waals surface area contributed by atoms with Crippen molar-refractivity contribution < 1.29 is 14.0 Å². The second kappa shape index (κ2) is 10.3. The summed E-state index contributed by atoms with van der Waals surface area (Å²) in [7, 11) is 1.58. The molecule has 0 atom stereocenters. The van der Waals surface area contributed by atoms with E-state index in [4.69, 9.17) is 23.2 Å². The van der Waals surface area contributed by atoms with E-state index in [1.165, 1.54) is 17.0 Å². The van der Waals surface area contributed by atoms with Gasteiger partial charge in [-0.25, -0.2) is 4.39 Å². The molecule has 0 saturated carbocycles. The Labute approximate surface area is 206 Å². The zero-order chi connectivity index (χ0) is 24.2. The van der Waals surface area contributed by atoms with Crippen LogP contribution in [0.4, 0.5) is 10.1 Å². The molecule has 1 heterocycles. The number of aromatic nitrogens is 1. The lowest BCUT2D eigenvalue weighted by Crippen LogP contribution is -2.35. The maximum atomic E-state index is 13.4. The molecule has 3 aromatic carbocycles. The molecule has 1 aromatic heterocycles. The van der Waals surface area contributed by atoms with E-state index in [9.17, 15) is 14.0 Å². The average Bonchev–Trinajstić information content (AvgIpc) is 3.19. The number of nitrogens with zero attached hydrogens (tertiary/aromatic N) is 1. The third kappa shape index (κ3) is 5.24. The van der Waals surface area contributed by atoms with E-state index in [2.05, 4.69) is 10.3 Å². The summed E-state index contributed by atoms with van der Waals surface area (Å²) in [6.45, 7) is -0.140. The number of H-pyrrole nitrogens is 1. The van der Waals surface area contributed by atoms with Crippen LogP contribution in [-0.4, -0.2) is 35.3 Å². The van der Waals surface area contributed by atoms with Crippen molar-refractivity contribution in [1.82, 2.24) is 9.88 Å². The first-order chi connectivity index (χ1) is 16.3. The molecule has 2 amide bonds. The normalized spacial score (nSPS) is 10.9. The van der Waals surface area contributed by atoms with Gasteiger partial charge in [-0.3, -0.25) is 9.59 Å². The molecule has 0 unspecified atom stereocenters. The summed E-state index contributed by atoms with van der Waals surface area (Å²) < 4.78 is 13.4. The molecule has 5 nitrogen and oxygen atoms in total. The van der Waals surface area contributed by atoms with Gasteiger partial charge in [0.1, 0.15) is 5.82 Å². The Balaban J connectivity index is 1.46. The summed E-state index contributed by atoms with van der Waals surface area (Å²) in [6, 6.07) is 19.0. The number of nitrogens with one attached hydrogen (secondary N) is 2. The highest BCUT2D eigenvalue weighted by atomic mass is 35.5. The van der Waals surface area contributed by atoms with Crippen LogP contribution in [0.25, 0.3) is 22.2 Å². The monoisotopic (exact) mass is 497 g/mol. The van der Waals surface area contributed by atoms with Gasteiger partial charge in [-0.05, 0) is 60.0 Å². The molecule has 8 heteroatoms. The average molecular weight is 498 g/mol. The van der Waals surface area contributed by atoms with Crippen LogP contribution in [0, 0.1) is 5.82 Å². The molecule has 0 aliphatic carbocycles. The van der Waals surface area contributed by atoms with E-state index in [-0.39, 0.29) is 24.7 Å². The van der Waals surface area contributed by atoms with Crippen molar-refractivity contribution in [2.75, 3.05) is 18.9 Å². The molecular weight excluding hydrogens is 476 g/mol. The lowest BCUT2D eigenvalue weighted by Gasteiger charge is -2.18. The molecule has 0 fully saturated rings. The predicted octanol–water partition coefficient (Wildman–Crippen LogP) is 6.31. The van der Waals surface area contributed by atoms with Crippen LogP contribution in [0.2, 0.25) is 10.0 Å². The van der Waals surface area contributed by atoms with Gasteiger partial charge in [0.05, 0.1) is 22.3 Å². The fourth-order valence-corrected chi connectivity index (χ4v) is 4.34. The maximum absolute atomic E-state index is 13.4. The number of para-hydroxylation sites is 2. The molecule has 0 radical (unpaired) electrons. The number of anilines is 1. The lowest BCUT2D eigenvalue weighted by molar-refractivity contribution is -0.133. The van der Waals surface area contributed by atoms with Crippen LogP contribution in [0.1, 0.15) is 12.0 Å². The van der Waals surface area contributed by atoms with E-state index in [1.54, 1.807) is 37.4 Å². The summed E-state index contributed by atoms with van der Waals surface area (Å²) in [5.74, 6) is -0.893. The number of fused-ring (bicyclic) bond motifs is 1. The van der Waals surface area contributed by atoms with Gasteiger partial charge in [-0.2, -0.15) is 0 Å². The van der Waals surface area contributed by atoms with Crippen LogP contribution in [0.15, 0.2) is 66.7 Å². The van der Waals surface area contributed by atoms with Crippen LogP contribution >= 0.6 is 23.2 Å². The number of rotatable bonds is 7. The summed E-state index contributed by atoms with van der Waals surface area (Å²) in [6.07, 6.45) is 0.657. The van der Waals surface area contributed by atoms with Crippen molar-refractivity contribution in [2.24, 2.45) is 0 Å². The number of likely N-dealkylation sites (N-methyl/N-ethyl adjacent to an activating group) is 1. The van der Waals surface area contributed by atoms with Gasteiger partial charge < -0.3 is 15.2 Å². The molecule has 34 heavy (non-hydrogen) atoms. The SMILES string of the molecule is CN(CC(=O)Nc1c(Cl)cccc1Cl)C(=O)CCc1c(-c2ccc(F)cc2)[nH]c2ccccc12. The molecule has 0 spiro atoms. The van der Waals surface area contributed by atoms with Crippen LogP contribution in [0.3, 0.4) is 0 Å². The molecular formula is C26H22Cl2FN3O2. The number of benzene rings is 3. The Morgan fingerprint density at radius 3 is 2.35 bits per heavy atom. The van der Waals surface area contributed by atoms with E-state index < -0.39 is 5.91 Å². The number of halogens is 3. The summed E-state index contributed by atoms with van der Waals surface area (Å²) in [5, 5.41) is 4.31. The number of amides is 2. The number of hydrogen-bond donors (Lipinski definition) is 2. The number of aryl methyl sites for hydroxylation is 1. The van der Waals surface area contributed by atoms with Crippen molar-refractivity contribution in [2.45, 2.75) is 12.8 Å². The third-order valence-corrected chi connectivity index (χ3v) is 6.20. The number of aromatic amines is 1. The second-order valence-electron chi connectivity index (χ2n) is 7.93. The Morgan fingerprint density at radius 2 is 1.65 bits per heavy atom. The lowest BCUT2D eigenvalue weighted by atomic mass is 10.0. The minimum atomic E-state index is -0.398. The van der Waals surface area contributed by atoms with Gasteiger partial charge in [0, 0.05) is 30.1 Å². The fourth-order valence-electron chi connectivity index (χ4n) is 3.85. The summed E-state index contributed by atoms with van der Waals surface area (Å²) in [4.78, 5) is 30.0. The summed E-state index contributed by atoms with van der Waals surface area (Å²) in [5.41, 5.74) is 3.91. The number of carbonyl (C=O) groups is 2. The molecule has 0 bridgehead atoms. The van der Waals surface area contributed by atoms with Crippen molar-refractivity contribution in [3.63, 3.8) is 0 Å². The highest BCUT2D eigenvalue weighted by molar-refractivity contribution is 6.39. The van der Waals surface area contributed by atoms with Crippen LogP contribution in [-0.2, 0) is 16.0 Å². The largest absolute Gasteiger partial charge is 0.354 e. The Kier molecular flexibility index (Phi) is 7.20. The number of hydrogen-bond acceptors (Lipinski definition) is 2. The predicted molar refractivity (Wildman–Crippen MR) is 135 cm³/mol. The Morgan fingerprint density at radius 1 is 0.971 bits per heavy atom. The smallest absolute Gasteiger partial charge is 0.244 e. The first kappa shape index (κ1) is 23.8. The highest BCUT2D eigenvalue weighted by Crippen LogP contribution is 2.32. The van der Waals surface area contributed by atoms with Gasteiger partial charge >= 0.3 is 0 Å². The quantitative estimate of drug-likeness (QED) is 0.314. The zero-order valence-electron chi connectivity index (χ0n) is 18.4. The van der Waals surface area contributed by atoms with E-state index in [0.717, 1.165) is 27.7 Å². The van der Waals surface area contributed by atoms with E-state index in [1.807, 2.05) is 24.3 Å². The molecule has 4 rings (SSSR count). The Hall–Kier alpha value is -3.35. The standard InChI is InChI=1S/C26H22Cl2FN3O2/c1-32(15-23(33)31-26-20(27)6-4-7-21(26)28)24(34)14-13-19-18-5-2-3-8-22(18)30-25(19)16-9-11-17(29)12-10-16/h2-12,30H,13-15H2,1H3,(H,31,33). The molecule has 2 N–H and O–H groups in total. The van der Waals surface area contributed by atoms with Crippen LogP contribution < -0.4 is 5.32 Å². The van der Waals surface area contributed by atoms with Crippen molar-refractivity contribution in [1.29, 1.82) is 0 Å². The van der Waals surface area contributed by atoms with Crippen LogP contribution in [0.5, 0.6) is 0 Å². The minimum absolute atomic E-state index is 0.140. The van der Waals surface area contributed by atoms with Gasteiger partial charge in [-0.15, -0.1) is 0 Å². The fraction of sp³-hybridized carbons (Fsp3) is 0.154. The maximum Gasteiger partial charge on any atom is 0.244 e. The van der Waals surface area contributed by atoms with Crippen molar-refractivity contribution >= 4 is 51.6 Å². The zero-order valence-corrected chi connectivity index (χ0v) is 19.9. The first-order valence-electron chi connectivity index (χ1n) is 10.7. The molecule has 0 aliphatic rings. The molecule has 0 aliphatic heterocycles. The number of carbonyl (C=O) groups excluding carboxylic acids is 2. The van der Waals surface area contributed by atoms with E-state index in [0.29, 0.717) is 22.2 Å². The third-order valence-electron chi connectivity index (χ3n) is 5.57. The minimum Gasteiger partial charge on any atom is -0.354 e. The van der Waals surface area contributed by atoms with Crippen molar-refractivity contribution in [3.8, 4) is 11.3 Å². The topological polar surface area (TPSA) is 65.2 Å². The van der Waals surface area contributed by atoms with Gasteiger partial charge in [0.2, 0.25) is 11.8 Å². The van der Waals surface area contributed by atoms with Gasteiger partial charge in [-0.1, -0.05) is 47.5 Å². The molecule has 4 aromatic rings. The molecule has 0 saturated heterocycles. The van der Waals surface area contributed by atoms with E-state index >= 15 is 0 Å². The van der Waals surface area contributed by atoms with Gasteiger partial charge in [0.25, 0.3) is 0 Å². The highest BCUT2D eigenvalue weighted by Gasteiger charge is 2.18. The summed E-state index contributed by atoms with van der Waals surface area (Å²) >= 11 is 12.2. The Bertz CT molecular complexity index is 1330.